The van der Waals surface area contributed by atoms with Crippen LogP contribution in [-0.2, 0) is 9.59 Å². The lowest BCUT2D eigenvalue weighted by atomic mass is 10.2. The zero-order chi connectivity index (χ0) is 24.5. The first-order valence-corrected chi connectivity index (χ1v) is 10.7. The van der Waals surface area contributed by atoms with E-state index < -0.39 is 17.7 Å². The molecule has 9 nitrogen and oxygen atoms in total. The van der Waals surface area contributed by atoms with E-state index in [0.29, 0.717) is 29.7 Å². The minimum atomic E-state index is -1.45. The van der Waals surface area contributed by atoms with Crippen molar-refractivity contribution in [1.29, 1.82) is 0 Å². The number of anilines is 1. The second-order valence-electron chi connectivity index (χ2n) is 6.50. The van der Waals surface area contributed by atoms with E-state index in [9.17, 15) is 9.59 Å². The molecule has 0 aromatic heterocycles. The Bertz CT molecular complexity index is 1020. The van der Waals surface area contributed by atoms with Gasteiger partial charge in [0.15, 0.2) is 17.3 Å². The summed E-state index contributed by atoms with van der Waals surface area (Å²) in [6.07, 6.45) is 0. The maximum absolute atomic E-state index is 12.9. The van der Waals surface area contributed by atoms with Crippen LogP contribution in [0.25, 0.3) is 0 Å². The number of halogens is 2. The molecule has 33 heavy (non-hydrogen) atoms. The maximum atomic E-state index is 12.9. The smallest absolute Gasteiger partial charge is 0.259 e. The van der Waals surface area contributed by atoms with Gasteiger partial charge in [0.1, 0.15) is 27.9 Å². The number of carbonyl (C=O) groups excluding carboxylic acids is 2. The number of rotatable bonds is 11. The second-order valence-corrected chi connectivity index (χ2v) is 7.31. The zero-order valence-electron chi connectivity index (χ0n) is 18.9. The third-order valence-electron chi connectivity index (χ3n) is 4.26. The topological polar surface area (TPSA) is 108 Å². The molecule has 0 fully saturated rings. The van der Waals surface area contributed by atoms with Gasteiger partial charge in [-0.2, -0.15) is 10.2 Å². The van der Waals surface area contributed by atoms with Crippen LogP contribution in [0.3, 0.4) is 0 Å². The highest BCUT2D eigenvalue weighted by molar-refractivity contribution is 6.34. The molecule has 1 atom stereocenters. The van der Waals surface area contributed by atoms with Crippen LogP contribution in [-0.4, -0.2) is 45.2 Å². The number of nitrogens with one attached hydrogen (secondary N) is 1. The average molecular weight is 498 g/mol. The van der Waals surface area contributed by atoms with Crippen LogP contribution < -0.4 is 24.3 Å². The fraction of sp³-hybridized carbons (Fsp3) is 0.364. The van der Waals surface area contributed by atoms with Gasteiger partial charge in [-0.1, -0.05) is 23.2 Å². The Morgan fingerprint density at radius 1 is 1.00 bits per heavy atom. The molecule has 1 unspecified atom stereocenters. The number of ketones is 1. The van der Waals surface area contributed by atoms with E-state index >= 15 is 0 Å². The number of hydrogen-bond acceptors (Lipinski definition) is 8. The van der Waals surface area contributed by atoms with Crippen molar-refractivity contribution >= 4 is 46.3 Å². The van der Waals surface area contributed by atoms with Crippen LogP contribution in [0.2, 0.25) is 10.0 Å². The third-order valence-corrected chi connectivity index (χ3v) is 4.85. The first-order valence-electron chi connectivity index (χ1n) is 9.99. The van der Waals surface area contributed by atoms with E-state index in [-0.39, 0.29) is 27.9 Å². The lowest BCUT2D eigenvalue weighted by molar-refractivity contribution is -0.126. The summed E-state index contributed by atoms with van der Waals surface area (Å²) in [7, 11) is 2.82. The normalized spacial score (nSPS) is 11.7. The van der Waals surface area contributed by atoms with Crippen LogP contribution in [0.15, 0.2) is 34.5 Å². The number of amides is 1. The molecule has 1 amide bonds. The number of carbonyl (C=O) groups is 2. The van der Waals surface area contributed by atoms with Gasteiger partial charge in [-0.15, -0.1) is 0 Å². The van der Waals surface area contributed by atoms with E-state index in [1.54, 1.807) is 19.1 Å². The lowest BCUT2D eigenvalue weighted by Gasteiger charge is -2.16. The molecule has 0 aliphatic rings. The molecule has 2 aromatic carbocycles. The van der Waals surface area contributed by atoms with E-state index in [4.69, 9.17) is 42.1 Å². The molecular weight excluding hydrogens is 473 g/mol. The van der Waals surface area contributed by atoms with Gasteiger partial charge in [0, 0.05) is 17.2 Å². The Balaban J connectivity index is 2.37. The largest absolute Gasteiger partial charge is 0.494 e. The van der Waals surface area contributed by atoms with Crippen molar-refractivity contribution in [1.82, 2.24) is 0 Å². The molecular formula is C22H25Cl2N3O6. The van der Waals surface area contributed by atoms with Crippen LogP contribution in [0.4, 0.5) is 11.4 Å². The number of azo groups is 1. The molecule has 1 N–H and O–H groups in total. The van der Waals surface area contributed by atoms with Gasteiger partial charge in [-0.3, -0.25) is 9.59 Å². The number of benzene rings is 2. The number of nitrogens with zero attached hydrogens (tertiary/aromatic N) is 2. The maximum Gasteiger partial charge on any atom is 0.259 e. The Kier molecular flexibility index (Phi) is 9.74. The summed E-state index contributed by atoms with van der Waals surface area (Å²) in [6.45, 7) is 5.63. The highest BCUT2D eigenvalue weighted by Crippen LogP contribution is 2.42. The van der Waals surface area contributed by atoms with Crippen molar-refractivity contribution in [2.75, 3.05) is 32.8 Å². The molecule has 178 valence electrons. The van der Waals surface area contributed by atoms with Crippen LogP contribution in [0.5, 0.6) is 23.0 Å². The molecule has 0 spiro atoms. The molecule has 0 heterocycles. The number of ether oxygens (including phenoxy) is 4. The summed E-state index contributed by atoms with van der Waals surface area (Å²) in [5, 5.41) is 11.1. The van der Waals surface area contributed by atoms with Crippen molar-refractivity contribution < 1.29 is 28.5 Å². The molecule has 0 saturated carbocycles. The number of hydrogen-bond donors (Lipinski definition) is 1. The SMILES string of the molecule is CCOc1ccc(N=NC(C(C)=O)C(=O)Nc2c(OC)cc(Cl)cc2OC)c(Cl)c1OCC. The van der Waals surface area contributed by atoms with E-state index in [0.717, 1.165) is 0 Å². The Labute approximate surface area is 202 Å². The summed E-state index contributed by atoms with van der Waals surface area (Å²) in [5.41, 5.74) is 0.415. The average Bonchev–Trinajstić information content (AvgIpc) is 2.78. The minimum absolute atomic E-state index is 0.148. The Morgan fingerprint density at radius 3 is 2.12 bits per heavy atom. The summed E-state index contributed by atoms with van der Waals surface area (Å²) >= 11 is 12.4. The van der Waals surface area contributed by atoms with Gasteiger partial charge < -0.3 is 24.3 Å². The van der Waals surface area contributed by atoms with Crippen LogP contribution in [0, 0.1) is 0 Å². The predicted octanol–water partition coefficient (Wildman–Crippen LogP) is 5.49. The monoisotopic (exact) mass is 497 g/mol. The molecule has 0 aliphatic heterocycles. The van der Waals surface area contributed by atoms with E-state index in [2.05, 4.69) is 15.5 Å². The van der Waals surface area contributed by atoms with Crippen LogP contribution >= 0.6 is 23.2 Å². The van der Waals surface area contributed by atoms with Crippen LogP contribution in [0.1, 0.15) is 20.8 Å². The second kappa shape index (κ2) is 12.3. The molecule has 11 heteroatoms. The van der Waals surface area contributed by atoms with Gasteiger partial charge in [0.25, 0.3) is 5.91 Å². The van der Waals surface area contributed by atoms with Crippen molar-refractivity contribution in [2.45, 2.75) is 26.8 Å². The van der Waals surface area contributed by atoms with Gasteiger partial charge in [-0.25, -0.2) is 0 Å². The molecule has 0 aliphatic carbocycles. The third kappa shape index (κ3) is 6.49. The summed E-state index contributed by atoms with van der Waals surface area (Å²) in [5.74, 6) is -0.0128. The van der Waals surface area contributed by atoms with Gasteiger partial charge in [0.05, 0.1) is 27.4 Å². The predicted molar refractivity (Wildman–Crippen MR) is 126 cm³/mol. The number of methoxy groups -OCH3 is 2. The summed E-state index contributed by atoms with van der Waals surface area (Å²) in [4.78, 5) is 25.1. The van der Waals surface area contributed by atoms with Gasteiger partial charge in [0.2, 0.25) is 6.04 Å². The highest BCUT2D eigenvalue weighted by Gasteiger charge is 2.26. The summed E-state index contributed by atoms with van der Waals surface area (Å²) in [6, 6.07) is 4.73. The number of Topliss-reactive ketones (excluding diaryl/α,β-unsaturated/α-hetero) is 1. The standard InChI is InChI=1S/C22H25Cl2N3O6/c1-6-32-15-9-8-14(18(24)21(15)33-7-2)26-27-19(12(3)28)22(29)25-20-16(30-4)10-13(23)11-17(20)31-5/h8-11,19H,6-7H2,1-5H3,(H,25,29). The fourth-order valence-corrected chi connectivity index (χ4v) is 3.23. The van der Waals surface area contributed by atoms with Gasteiger partial charge in [-0.05, 0) is 32.9 Å². The fourth-order valence-electron chi connectivity index (χ4n) is 2.79. The minimum Gasteiger partial charge on any atom is -0.494 e. The highest BCUT2D eigenvalue weighted by atomic mass is 35.5. The molecule has 0 radical (unpaired) electrons. The van der Waals surface area contributed by atoms with E-state index in [1.165, 1.54) is 33.3 Å². The first kappa shape index (κ1) is 26.2. The quantitative estimate of drug-likeness (QED) is 0.324. The van der Waals surface area contributed by atoms with Crippen molar-refractivity contribution in [3.05, 3.63) is 34.3 Å². The van der Waals surface area contributed by atoms with Crippen molar-refractivity contribution in [3.63, 3.8) is 0 Å². The van der Waals surface area contributed by atoms with E-state index in [1.807, 2.05) is 6.92 Å². The Hall–Kier alpha value is -3.04. The molecule has 0 saturated heterocycles. The van der Waals surface area contributed by atoms with Crippen molar-refractivity contribution in [2.24, 2.45) is 10.2 Å². The Morgan fingerprint density at radius 2 is 1.61 bits per heavy atom. The zero-order valence-corrected chi connectivity index (χ0v) is 20.4. The van der Waals surface area contributed by atoms with Crippen molar-refractivity contribution in [3.8, 4) is 23.0 Å². The lowest BCUT2D eigenvalue weighted by Crippen LogP contribution is -2.32. The first-order chi connectivity index (χ1) is 15.8. The molecule has 0 bridgehead atoms. The van der Waals surface area contributed by atoms with Gasteiger partial charge >= 0.3 is 0 Å². The molecule has 2 aromatic rings. The molecule has 2 rings (SSSR count). The summed E-state index contributed by atoms with van der Waals surface area (Å²) < 4.78 is 21.6.